The van der Waals surface area contributed by atoms with E-state index in [-0.39, 0.29) is 0 Å². The molecule has 2 unspecified atom stereocenters. The number of nitrogens with two attached hydrogens (primary N) is 1. The standard InChI is InChI=1S/C18H26N2/c1-12-17-9-14-5-6-15(19)10-16(14)18(12,2)7-8-20(17)11-13-3-4-13/h5-6,10,12-13,17H,3-4,7-9,11,19H2,1-2H3/t12?,17?,18-/m0/s1. The molecular formula is C18H26N2. The van der Waals surface area contributed by atoms with Gasteiger partial charge in [0, 0.05) is 18.3 Å². The SMILES string of the molecule is CC1C2Cc3ccc(N)cc3[C@@]1(C)CCN2CC1CC1. The first-order chi connectivity index (χ1) is 9.58. The summed E-state index contributed by atoms with van der Waals surface area (Å²) in [5.41, 5.74) is 10.4. The summed E-state index contributed by atoms with van der Waals surface area (Å²) in [4.78, 5) is 2.80. The van der Waals surface area contributed by atoms with E-state index in [2.05, 4.69) is 36.9 Å². The monoisotopic (exact) mass is 270 g/mol. The summed E-state index contributed by atoms with van der Waals surface area (Å²) >= 11 is 0. The Balaban J connectivity index is 1.71. The molecule has 2 N–H and O–H groups in total. The molecule has 2 fully saturated rings. The van der Waals surface area contributed by atoms with E-state index in [9.17, 15) is 0 Å². The molecule has 1 saturated carbocycles. The molecule has 0 radical (unpaired) electrons. The highest BCUT2D eigenvalue weighted by Gasteiger charge is 2.48. The van der Waals surface area contributed by atoms with E-state index in [0.29, 0.717) is 5.41 Å². The molecule has 1 aromatic carbocycles. The number of hydrogen-bond acceptors (Lipinski definition) is 2. The first kappa shape index (κ1) is 12.7. The maximum atomic E-state index is 6.05. The second-order valence-corrected chi connectivity index (χ2v) is 7.58. The predicted molar refractivity (Wildman–Crippen MR) is 83.8 cm³/mol. The van der Waals surface area contributed by atoms with Crippen molar-refractivity contribution in [3.05, 3.63) is 29.3 Å². The lowest BCUT2D eigenvalue weighted by Crippen LogP contribution is -2.58. The summed E-state index contributed by atoms with van der Waals surface area (Å²) in [5, 5.41) is 0. The second-order valence-electron chi connectivity index (χ2n) is 7.58. The second kappa shape index (κ2) is 4.24. The van der Waals surface area contributed by atoms with E-state index in [1.54, 1.807) is 5.56 Å². The Morgan fingerprint density at radius 2 is 2.15 bits per heavy atom. The van der Waals surface area contributed by atoms with Crippen LogP contribution in [0.3, 0.4) is 0 Å². The van der Waals surface area contributed by atoms with Crippen molar-refractivity contribution in [3.63, 3.8) is 0 Å². The topological polar surface area (TPSA) is 29.3 Å². The smallest absolute Gasteiger partial charge is 0.0317 e. The van der Waals surface area contributed by atoms with Crippen LogP contribution in [0.1, 0.15) is 44.2 Å². The lowest BCUT2D eigenvalue weighted by molar-refractivity contribution is 0.0284. The molecule has 2 nitrogen and oxygen atoms in total. The van der Waals surface area contributed by atoms with Gasteiger partial charge >= 0.3 is 0 Å². The average molecular weight is 270 g/mol. The molecule has 1 saturated heterocycles. The first-order valence-electron chi connectivity index (χ1n) is 8.21. The molecule has 3 aliphatic rings. The van der Waals surface area contributed by atoms with Crippen molar-refractivity contribution >= 4 is 5.69 Å². The number of nitrogen functional groups attached to an aromatic ring is 1. The van der Waals surface area contributed by atoms with E-state index >= 15 is 0 Å². The van der Waals surface area contributed by atoms with Crippen molar-refractivity contribution in [1.82, 2.24) is 4.90 Å². The van der Waals surface area contributed by atoms with Gasteiger partial charge in [0.2, 0.25) is 0 Å². The molecule has 3 atom stereocenters. The lowest BCUT2D eigenvalue weighted by atomic mass is 9.59. The predicted octanol–water partition coefficient (Wildman–Crippen LogP) is 3.20. The van der Waals surface area contributed by atoms with Crippen LogP contribution in [0.2, 0.25) is 0 Å². The minimum atomic E-state index is 0.327. The zero-order valence-electron chi connectivity index (χ0n) is 12.7. The molecule has 4 rings (SSSR count). The number of anilines is 1. The van der Waals surface area contributed by atoms with Crippen molar-refractivity contribution < 1.29 is 0 Å². The summed E-state index contributed by atoms with van der Waals surface area (Å²) in [6, 6.07) is 7.35. The number of hydrogen-bond donors (Lipinski definition) is 1. The first-order valence-corrected chi connectivity index (χ1v) is 8.21. The maximum Gasteiger partial charge on any atom is 0.0317 e. The normalized spacial score (nSPS) is 36.7. The average Bonchev–Trinajstić information content (AvgIpc) is 3.22. The summed E-state index contributed by atoms with van der Waals surface area (Å²) in [7, 11) is 0. The van der Waals surface area contributed by atoms with E-state index in [0.717, 1.165) is 23.6 Å². The summed E-state index contributed by atoms with van der Waals surface area (Å²) in [6.45, 7) is 7.55. The molecule has 2 heteroatoms. The third-order valence-corrected chi connectivity index (χ3v) is 6.34. The molecular weight excluding hydrogens is 244 g/mol. The third-order valence-electron chi connectivity index (χ3n) is 6.34. The van der Waals surface area contributed by atoms with Crippen molar-refractivity contribution in [2.24, 2.45) is 11.8 Å². The van der Waals surface area contributed by atoms with Gasteiger partial charge in [-0.3, -0.25) is 4.90 Å². The van der Waals surface area contributed by atoms with E-state index in [1.807, 2.05) is 0 Å². The molecule has 108 valence electrons. The molecule has 0 spiro atoms. The zero-order chi connectivity index (χ0) is 13.9. The summed E-state index contributed by atoms with van der Waals surface area (Å²) in [6.07, 6.45) is 5.43. The van der Waals surface area contributed by atoms with Crippen molar-refractivity contribution in [1.29, 1.82) is 0 Å². The van der Waals surface area contributed by atoms with Gasteiger partial charge in [-0.15, -0.1) is 0 Å². The Kier molecular flexibility index (Phi) is 2.69. The van der Waals surface area contributed by atoms with Crippen LogP contribution in [0.5, 0.6) is 0 Å². The van der Waals surface area contributed by atoms with Crippen LogP contribution < -0.4 is 5.73 Å². The largest absolute Gasteiger partial charge is 0.399 e. The molecule has 2 aliphatic carbocycles. The van der Waals surface area contributed by atoms with Crippen LogP contribution in [0.15, 0.2) is 18.2 Å². The van der Waals surface area contributed by atoms with E-state index in [4.69, 9.17) is 5.73 Å². The van der Waals surface area contributed by atoms with Crippen LogP contribution in [0, 0.1) is 11.8 Å². The zero-order valence-corrected chi connectivity index (χ0v) is 12.7. The number of fused-ring (bicyclic) bond motifs is 4. The Labute approximate surface area is 122 Å². The van der Waals surface area contributed by atoms with Gasteiger partial charge in [-0.2, -0.15) is 0 Å². The van der Waals surface area contributed by atoms with Crippen LogP contribution in [-0.4, -0.2) is 24.0 Å². The van der Waals surface area contributed by atoms with Gasteiger partial charge < -0.3 is 5.73 Å². The van der Waals surface area contributed by atoms with Gasteiger partial charge in [0.25, 0.3) is 0 Å². The van der Waals surface area contributed by atoms with E-state index in [1.165, 1.54) is 44.3 Å². The van der Waals surface area contributed by atoms with E-state index < -0.39 is 0 Å². The minimum absolute atomic E-state index is 0.327. The molecule has 20 heavy (non-hydrogen) atoms. The number of piperidine rings is 1. The number of likely N-dealkylation sites (tertiary alicyclic amines) is 1. The van der Waals surface area contributed by atoms with Gasteiger partial charge in [0.1, 0.15) is 0 Å². The lowest BCUT2D eigenvalue weighted by Gasteiger charge is -2.54. The Hall–Kier alpha value is -1.02. The molecule has 1 aromatic rings. The van der Waals surface area contributed by atoms with Gasteiger partial charge in [-0.1, -0.05) is 19.9 Å². The van der Waals surface area contributed by atoms with Gasteiger partial charge in [0.15, 0.2) is 0 Å². The van der Waals surface area contributed by atoms with Crippen molar-refractivity contribution in [2.75, 3.05) is 18.8 Å². The Morgan fingerprint density at radius 3 is 2.90 bits per heavy atom. The fraction of sp³-hybridized carbons (Fsp3) is 0.667. The fourth-order valence-corrected chi connectivity index (χ4v) is 4.58. The molecule has 0 amide bonds. The van der Waals surface area contributed by atoms with Gasteiger partial charge in [-0.25, -0.2) is 0 Å². The Bertz CT molecular complexity index is 534. The number of nitrogens with zero attached hydrogens (tertiary/aromatic N) is 1. The molecule has 2 bridgehead atoms. The van der Waals surface area contributed by atoms with Crippen LogP contribution in [0.25, 0.3) is 0 Å². The number of benzene rings is 1. The fourth-order valence-electron chi connectivity index (χ4n) is 4.58. The Morgan fingerprint density at radius 1 is 1.35 bits per heavy atom. The van der Waals surface area contributed by atoms with Crippen LogP contribution in [-0.2, 0) is 11.8 Å². The summed E-state index contributed by atoms with van der Waals surface area (Å²) < 4.78 is 0. The highest BCUT2D eigenvalue weighted by atomic mass is 15.2. The highest BCUT2D eigenvalue weighted by Crippen LogP contribution is 2.49. The van der Waals surface area contributed by atoms with Gasteiger partial charge in [0.05, 0.1) is 0 Å². The minimum Gasteiger partial charge on any atom is -0.399 e. The highest BCUT2D eigenvalue weighted by molar-refractivity contribution is 5.50. The molecule has 0 aromatic heterocycles. The summed E-state index contributed by atoms with van der Waals surface area (Å²) in [5.74, 6) is 1.74. The third kappa shape index (κ3) is 1.81. The van der Waals surface area contributed by atoms with Crippen LogP contribution >= 0.6 is 0 Å². The number of rotatable bonds is 2. The maximum absolute atomic E-state index is 6.05. The quantitative estimate of drug-likeness (QED) is 0.836. The van der Waals surface area contributed by atoms with Crippen molar-refractivity contribution in [2.45, 2.75) is 51.0 Å². The van der Waals surface area contributed by atoms with Crippen LogP contribution in [0.4, 0.5) is 5.69 Å². The molecule has 1 heterocycles. The molecule has 1 aliphatic heterocycles. The van der Waals surface area contributed by atoms with Crippen molar-refractivity contribution in [3.8, 4) is 0 Å². The van der Waals surface area contributed by atoms with Gasteiger partial charge in [-0.05, 0) is 72.7 Å².